The normalized spacial score (nSPS) is 22.6. The van der Waals surface area contributed by atoms with Crippen LogP contribution in [-0.4, -0.2) is 30.1 Å². The molecule has 0 aromatic heterocycles. The molecule has 0 spiro atoms. The van der Waals surface area contributed by atoms with E-state index in [2.05, 4.69) is 5.32 Å². The molecule has 2 N–H and O–H groups in total. The molecule has 96 valence electrons. The Morgan fingerprint density at radius 2 is 2.22 bits per heavy atom. The minimum absolute atomic E-state index is 0.333. The second-order valence-electron chi connectivity index (χ2n) is 4.14. The molecule has 0 bridgehead atoms. The summed E-state index contributed by atoms with van der Waals surface area (Å²) >= 11 is 0. The summed E-state index contributed by atoms with van der Waals surface area (Å²) in [5, 5.41) is 11.7. The van der Waals surface area contributed by atoms with E-state index in [1.807, 2.05) is 25.1 Å². The van der Waals surface area contributed by atoms with Crippen molar-refractivity contribution in [3.05, 3.63) is 29.8 Å². The molecular formula is C13H15NO4. The van der Waals surface area contributed by atoms with Gasteiger partial charge in [0, 0.05) is 18.0 Å². The van der Waals surface area contributed by atoms with E-state index in [9.17, 15) is 9.59 Å². The van der Waals surface area contributed by atoms with E-state index in [0.29, 0.717) is 18.9 Å². The molecule has 1 aromatic carbocycles. The molecule has 5 heteroatoms. The van der Waals surface area contributed by atoms with E-state index in [1.54, 1.807) is 6.07 Å². The minimum atomic E-state index is -1.10. The molecule has 0 unspecified atom stereocenters. The van der Waals surface area contributed by atoms with E-state index < -0.39 is 17.8 Å². The maximum Gasteiger partial charge on any atom is 0.316 e. The number of para-hydroxylation sites is 1. The summed E-state index contributed by atoms with van der Waals surface area (Å²) in [6, 6.07) is 7.25. The summed E-state index contributed by atoms with van der Waals surface area (Å²) in [5.41, 5.74) is 0.769. The number of ether oxygens (including phenoxy) is 1. The van der Waals surface area contributed by atoms with Crippen LogP contribution in [0.3, 0.4) is 0 Å². The van der Waals surface area contributed by atoms with E-state index >= 15 is 0 Å². The molecule has 18 heavy (non-hydrogen) atoms. The first-order valence-corrected chi connectivity index (χ1v) is 5.87. The highest BCUT2D eigenvalue weighted by atomic mass is 16.5. The molecule has 1 heterocycles. The SMILES string of the molecule is CCOc1ccccc1[C@H]1CNC(=O)[C@@H]1C(=O)O. The average Bonchev–Trinajstić information content (AvgIpc) is 2.72. The Hall–Kier alpha value is -2.04. The van der Waals surface area contributed by atoms with Gasteiger partial charge in [-0.3, -0.25) is 9.59 Å². The summed E-state index contributed by atoms with van der Waals surface area (Å²) in [7, 11) is 0. The Morgan fingerprint density at radius 3 is 2.89 bits per heavy atom. The molecule has 2 rings (SSSR count). The predicted molar refractivity (Wildman–Crippen MR) is 64.5 cm³/mol. The Bertz CT molecular complexity index is 472. The van der Waals surface area contributed by atoms with Crippen LogP contribution >= 0.6 is 0 Å². The van der Waals surface area contributed by atoms with Gasteiger partial charge in [-0.25, -0.2) is 0 Å². The average molecular weight is 249 g/mol. The third kappa shape index (κ3) is 2.16. The van der Waals surface area contributed by atoms with Gasteiger partial charge < -0.3 is 15.2 Å². The molecule has 1 saturated heterocycles. The molecule has 0 aliphatic carbocycles. The van der Waals surface area contributed by atoms with Crippen LogP contribution in [0.2, 0.25) is 0 Å². The lowest BCUT2D eigenvalue weighted by Gasteiger charge is -2.17. The van der Waals surface area contributed by atoms with Gasteiger partial charge in [0.05, 0.1) is 6.61 Å². The van der Waals surface area contributed by atoms with Crippen molar-refractivity contribution in [2.24, 2.45) is 5.92 Å². The Morgan fingerprint density at radius 1 is 1.50 bits per heavy atom. The monoisotopic (exact) mass is 249 g/mol. The Balaban J connectivity index is 2.36. The van der Waals surface area contributed by atoms with Gasteiger partial charge in [-0.2, -0.15) is 0 Å². The first-order valence-electron chi connectivity index (χ1n) is 5.87. The maximum atomic E-state index is 11.5. The van der Waals surface area contributed by atoms with Gasteiger partial charge in [-0.15, -0.1) is 0 Å². The quantitative estimate of drug-likeness (QED) is 0.780. The van der Waals surface area contributed by atoms with E-state index in [1.165, 1.54) is 0 Å². The van der Waals surface area contributed by atoms with Crippen LogP contribution in [0.15, 0.2) is 24.3 Å². The van der Waals surface area contributed by atoms with Crippen LogP contribution in [-0.2, 0) is 9.59 Å². The molecule has 1 amide bonds. The number of carbonyl (C=O) groups excluding carboxylic acids is 1. The van der Waals surface area contributed by atoms with Crippen molar-refractivity contribution in [1.29, 1.82) is 0 Å². The topological polar surface area (TPSA) is 75.6 Å². The Labute approximate surface area is 105 Å². The van der Waals surface area contributed by atoms with Crippen molar-refractivity contribution in [3.8, 4) is 5.75 Å². The van der Waals surface area contributed by atoms with Gasteiger partial charge in [-0.05, 0) is 13.0 Å². The Kier molecular flexibility index (Phi) is 3.50. The number of amides is 1. The van der Waals surface area contributed by atoms with E-state index in [-0.39, 0.29) is 5.92 Å². The molecule has 0 radical (unpaired) electrons. The molecule has 1 aromatic rings. The van der Waals surface area contributed by atoms with Gasteiger partial charge in [-0.1, -0.05) is 18.2 Å². The highest BCUT2D eigenvalue weighted by Gasteiger charge is 2.42. The number of carboxylic acids is 1. The first-order chi connectivity index (χ1) is 8.65. The van der Waals surface area contributed by atoms with Crippen LogP contribution < -0.4 is 10.1 Å². The number of hydrogen-bond acceptors (Lipinski definition) is 3. The third-order valence-electron chi connectivity index (χ3n) is 3.07. The molecule has 1 fully saturated rings. The lowest BCUT2D eigenvalue weighted by Crippen LogP contribution is -2.26. The fraction of sp³-hybridized carbons (Fsp3) is 0.385. The van der Waals surface area contributed by atoms with Crippen LogP contribution in [0, 0.1) is 5.92 Å². The zero-order valence-corrected chi connectivity index (χ0v) is 10.1. The van der Waals surface area contributed by atoms with Crippen molar-refractivity contribution in [2.75, 3.05) is 13.2 Å². The molecule has 1 aliphatic rings. The number of carbonyl (C=O) groups is 2. The fourth-order valence-corrected chi connectivity index (χ4v) is 2.27. The van der Waals surface area contributed by atoms with Crippen LogP contribution in [0.25, 0.3) is 0 Å². The largest absolute Gasteiger partial charge is 0.494 e. The van der Waals surface area contributed by atoms with Gasteiger partial charge in [0.1, 0.15) is 11.7 Å². The highest BCUT2D eigenvalue weighted by Crippen LogP contribution is 2.34. The standard InChI is InChI=1S/C13H15NO4/c1-2-18-10-6-4-3-5-8(10)9-7-14-12(15)11(9)13(16)17/h3-6,9,11H,2,7H2,1H3,(H,14,15)(H,16,17)/t9-,11-/m1/s1. The fourth-order valence-electron chi connectivity index (χ4n) is 2.27. The molecule has 0 saturated carbocycles. The maximum absolute atomic E-state index is 11.5. The van der Waals surface area contributed by atoms with Crippen LogP contribution in [0.5, 0.6) is 5.75 Å². The first kappa shape index (κ1) is 12.4. The predicted octanol–water partition coefficient (Wildman–Crippen LogP) is 0.999. The number of hydrogen-bond donors (Lipinski definition) is 2. The van der Waals surface area contributed by atoms with Crippen molar-refractivity contribution in [3.63, 3.8) is 0 Å². The van der Waals surface area contributed by atoms with Gasteiger partial charge >= 0.3 is 5.97 Å². The molecular weight excluding hydrogens is 234 g/mol. The van der Waals surface area contributed by atoms with Gasteiger partial charge in [0.25, 0.3) is 0 Å². The van der Waals surface area contributed by atoms with Crippen molar-refractivity contribution in [1.82, 2.24) is 5.32 Å². The zero-order chi connectivity index (χ0) is 13.1. The smallest absolute Gasteiger partial charge is 0.316 e. The number of aliphatic carboxylic acids is 1. The third-order valence-corrected chi connectivity index (χ3v) is 3.07. The summed E-state index contributed by atoms with van der Waals surface area (Å²) < 4.78 is 5.48. The molecule has 1 aliphatic heterocycles. The van der Waals surface area contributed by atoms with Gasteiger partial charge in [0.15, 0.2) is 0 Å². The summed E-state index contributed by atoms with van der Waals surface area (Å²) in [5.74, 6) is -2.29. The summed E-state index contributed by atoms with van der Waals surface area (Å²) in [6.07, 6.45) is 0. The number of rotatable bonds is 4. The van der Waals surface area contributed by atoms with E-state index in [4.69, 9.17) is 9.84 Å². The lowest BCUT2D eigenvalue weighted by atomic mass is 9.88. The van der Waals surface area contributed by atoms with E-state index in [0.717, 1.165) is 5.56 Å². The number of carboxylic acid groups (broad SMARTS) is 1. The summed E-state index contributed by atoms with van der Waals surface area (Å²) in [6.45, 7) is 2.70. The number of benzene rings is 1. The molecule has 5 nitrogen and oxygen atoms in total. The number of nitrogens with one attached hydrogen (secondary N) is 1. The second-order valence-corrected chi connectivity index (χ2v) is 4.14. The van der Waals surface area contributed by atoms with Crippen molar-refractivity contribution in [2.45, 2.75) is 12.8 Å². The molecule has 2 atom stereocenters. The second kappa shape index (κ2) is 5.08. The zero-order valence-electron chi connectivity index (χ0n) is 10.1. The van der Waals surface area contributed by atoms with Crippen molar-refractivity contribution >= 4 is 11.9 Å². The minimum Gasteiger partial charge on any atom is -0.494 e. The lowest BCUT2D eigenvalue weighted by molar-refractivity contribution is -0.145. The van der Waals surface area contributed by atoms with Crippen LogP contribution in [0.1, 0.15) is 18.4 Å². The van der Waals surface area contributed by atoms with Gasteiger partial charge in [0.2, 0.25) is 5.91 Å². The highest BCUT2D eigenvalue weighted by molar-refractivity contribution is 6.00. The van der Waals surface area contributed by atoms with Crippen molar-refractivity contribution < 1.29 is 19.4 Å². The van der Waals surface area contributed by atoms with Crippen LogP contribution in [0.4, 0.5) is 0 Å². The summed E-state index contributed by atoms with van der Waals surface area (Å²) in [4.78, 5) is 22.7.